The van der Waals surface area contributed by atoms with Gasteiger partial charge in [-0.1, -0.05) is 0 Å². The van der Waals surface area contributed by atoms with E-state index in [0.29, 0.717) is 13.1 Å². The molecular formula is C13H20N6O2S. The molecule has 22 heavy (non-hydrogen) atoms. The molecule has 2 aromatic rings. The summed E-state index contributed by atoms with van der Waals surface area (Å²) in [5.41, 5.74) is 0.770. The fourth-order valence-corrected chi connectivity index (χ4v) is 3.87. The Morgan fingerprint density at radius 2 is 2.23 bits per heavy atom. The molecule has 0 aromatic carbocycles. The second kappa shape index (κ2) is 5.82. The van der Waals surface area contributed by atoms with Crippen molar-refractivity contribution in [3.63, 3.8) is 0 Å². The monoisotopic (exact) mass is 324 g/mol. The van der Waals surface area contributed by atoms with Gasteiger partial charge in [0.2, 0.25) is 0 Å². The van der Waals surface area contributed by atoms with Gasteiger partial charge in [-0.2, -0.15) is 17.0 Å². The molecule has 1 saturated heterocycles. The highest BCUT2D eigenvalue weighted by Gasteiger charge is 2.30. The molecule has 0 spiro atoms. The molecule has 0 aliphatic carbocycles. The predicted octanol–water partition coefficient (Wildman–Crippen LogP) is 0.641. The van der Waals surface area contributed by atoms with E-state index in [0.717, 1.165) is 29.7 Å². The number of piperidine rings is 1. The van der Waals surface area contributed by atoms with E-state index in [1.54, 1.807) is 14.1 Å². The lowest BCUT2D eigenvalue weighted by molar-refractivity contribution is 0.308. The maximum atomic E-state index is 12.2. The Morgan fingerprint density at radius 1 is 1.41 bits per heavy atom. The smallest absolute Gasteiger partial charge is 0.281 e. The van der Waals surface area contributed by atoms with Crippen molar-refractivity contribution in [1.82, 2.24) is 23.6 Å². The molecule has 1 aliphatic rings. The normalized spacial score (nSPS) is 20.6. The van der Waals surface area contributed by atoms with E-state index in [9.17, 15) is 8.42 Å². The number of hydrogen-bond donors (Lipinski definition) is 2. The number of nitrogens with zero attached hydrogens (tertiary/aromatic N) is 4. The summed E-state index contributed by atoms with van der Waals surface area (Å²) in [6.07, 6.45) is 5.05. The SMILES string of the molecule is CN(C)S(=O)(=O)N1CCC[C@@H](Nc2ncnc3[nH]ccc23)C1. The zero-order valence-electron chi connectivity index (χ0n) is 12.7. The van der Waals surface area contributed by atoms with Gasteiger partial charge in [-0.25, -0.2) is 9.97 Å². The first-order valence-electron chi connectivity index (χ1n) is 7.20. The van der Waals surface area contributed by atoms with Crippen molar-refractivity contribution in [2.24, 2.45) is 0 Å². The largest absolute Gasteiger partial charge is 0.365 e. The Morgan fingerprint density at radius 3 is 3.00 bits per heavy atom. The van der Waals surface area contributed by atoms with Gasteiger partial charge in [-0.3, -0.25) is 0 Å². The maximum Gasteiger partial charge on any atom is 0.281 e. The van der Waals surface area contributed by atoms with Gasteiger partial charge in [0.25, 0.3) is 10.2 Å². The van der Waals surface area contributed by atoms with Crippen LogP contribution in [-0.4, -0.2) is 65.2 Å². The zero-order valence-corrected chi connectivity index (χ0v) is 13.5. The second-order valence-electron chi connectivity index (χ2n) is 5.59. The minimum Gasteiger partial charge on any atom is -0.365 e. The van der Waals surface area contributed by atoms with E-state index in [-0.39, 0.29) is 6.04 Å². The Bertz CT molecular complexity index is 757. The van der Waals surface area contributed by atoms with Crippen LogP contribution in [0.3, 0.4) is 0 Å². The van der Waals surface area contributed by atoms with Crippen molar-refractivity contribution < 1.29 is 8.42 Å². The third-order valence-electron chi connectivity index (χ3n) is 3.87. The number of aromatic amines is 1. The molecule has 2 N–H and O–H groups in total. The van der Waals surface area contributed by atoms with E-state index < -0.39 is 10.2 Å². The van der Waals surface area contributed by atoms with E-state index in [4.69, 9.17) is 0 Å². The van der Waals surface area contributed by atoms with Crippen LogP contribution in [0.5, 0.6) is 0 Å². The summed E-state index contributed by atoms with van der Waals surface area (Å²) in [7, 11) is -0.258. The van der Waals surface area contributed by atoms with Crippen LogP contribution in [-0.2, 0) is 10.2 Å². The average molecular weight is 324 g/mol. The quantitative estimate of drug-likeness (QED) is 0.861. The predicted molar refractivity (Wildman–Crippen MR) is 84.7 cm³/mol. The lowest BCUT2D eigenvalue weighted by Crippen LogP contribution is -2.49. The number of rotatable bonds is 4. The Kier molecular flexibility index (Phi) is 4.02. The van der Waals surface area contributed by atoms with Crippen molar-refractivity contribution in [2.45, 2.75) is 18.9 Å². The molecule has 3 rings (SSSR count). The molecule has 1 fully saturated rings. The van der Waals surface area contributed by atoms with Gasteiger partial charge >= 0.3 is 0 Å². The molecule has 120 valence electrons. The summed E-state index contributed by atoms with van der Waals surface area (Å²) >= 11 is 0. The molecule has 1 aliphatic heterocycles. The first-order valence-corrected chi connectivity index (χ1v) is 8.60. The molecule has 3 heterocycles. The van der Waals surface area contributed by atoms with Crippen LogP contribution < -0.4 is 5.32 Å². The molecule has 0 bridgehead atoms. The Hall–Kier alpha value is -1.71. The van der Waals surface area contributed by atoms with E-state index in [1.807, 2.05) is 12.3 Å². The highest BCUT2D eigenvalue weighted by atomic mass is 32.2. The van der Waals surface area contributed by atoms with Crippen LogP contribution in [0.1, 0.15) is 12.8 Å². The van der Waals surface area contributed by atoms with Crippen molar-refractivity contribution in [3.8, 4) is 0 Å². The van der Waals surface area contributed by atoms with Crippen LogP contribution >= 0.6 is 0 Å². The van der Waals surface area contributed by atoms with E-state index >= 15 is 0 Å². The van der Waals surface area contributed by atoms with Gasteiger partial charge in [0.1, 0.15) is 17.8 Å². The summed E-state index contributed by atoms with van der Waals surface area (Å²) in [5.74, 6) is 0.736. The number of hydrogen-bond acceptors (Lipinski definition) is 5. The fourth-order valence-electron chi connectivity index (χ4n) is 2.68. The summed E-state index contributed by atoms with van der Waals surface area (Å²) in [4.78, 5) is 11.5. The van der Waals surface area contributed by atoms with Crippen LogP contribution in [0.25, 0.3) is 11.0 Å². The van der Waals surface area contributed by atoms with E-state index in [2.05, 4.69) is 20.3 Å². The van der Waals surface area contributed by atoms with Crippen LogP contribution in [0.15, 0.2) is 18.6 Å². The molecule has 0 amide bonds. The molecule has 0 saturated carbocycles. The van der Waals surface area contributed by atoms with Gasteiger partial charge in [0.05, 0.1) is 5.39 Å². The fraction of sp³-hybridized carbons (Fsp3) is 0.538. The molecule has 0 unspecified atom stereocenters. The van der Waals surface area contributed by atoms with Gasteiger partial charge in [0, 0.05) is 39.4 Å². The van der Waals surface area contributed by atoms with Gasteiger partial charge < -0.3 is 10.3 Å². The van der Waals surface area contributed by atoms with Crippen molar-refractivity contribution >= 4 is 27.1 Å². The van der Waals surface area contributed by atoms with Gasteiger partial charge in [-0.05, 0) is 18.9 Å². The molecule has 2 aromatic heterocycles. The minimum atomic E-state index is -3.37. The number of nitrogens with one attached hydrogen (secondary N) is 2. The third-order valence-corrected chi connectivity index (χ3v) is 5.77. The number of aromatic nitrogens is 3. The lowest BCUT2D eigenvalue weighted by atomic mass is 10.1. The van der Waals surface area contributed by atoms with E-state index in [1.165, 1.54) is 14.9 Å². The van der Waals surface area contributed by atoms with Gasteiger partial charge in [-0.15, -0.1) is 0 Å². The summed E-state index contributed by atoms with van der Waals surface area (Å²) < 4.78 is 27.3. The molecular weight excluding hydrogens is 304 g/mol. The summed E-state index contributed by atoms with van der Waals surface area (Å²) in [5, 5.41) is 4.27. The maximum absolute atomic E-state index is 12.2. The summed E-state index contributed by atoms with van der Waals surface area (Å²) in [6.45, 7) is 0.998. The Balaban J connectivity index is 1.77. The molecule has 1 atom stereocenters. The van der Waals surface area contributed by atoms with Crippen LogP contribution in [0.2, 0.25) is 0 Å². The zero-order chi connectivity index (χ0) is 15.7. The number of fused-ring (bicyclic) bond motifs is 1. The number of H-pyrrole nitrogens is 1. The highest BCUT2D eigenvalue weighted by Crippen LogP contribution is 2.22. The topological polar surface area (TPSA) is 94.2 Å². The first-order chi connectivity index (χ1) is 10.5. The van der Waals surface area contributed by atoms with Crippen molar-refractivity contribution in [1.29, 1.82) is 0 Å². The number of anilines is 1. The minimum absolute atomic E-state index is 0.0384. The van der Waals surface area contributed by atoms with Gasteiger partial charge in [0.15, 0.2) is 0 Å². The van der Waals surface area contributed by atoms with Crippen LogP contribution in [0.4, 0.5) is 5.82 Å². The second-order valence-corrected chi connectivity index (χ2v) is 7.74. The Labute approximate surface area is 129 Å². The summed E-state index contributed by atoms with van der Waals surface area (Å²) in [6, 6.07) is 1.95. The van der Waals surface area contributed by atoms with Crippen molar-refractivity contribution in [2.75, 3.05) is 32.5 Å². The molecule has 9 heteroatoms. The van der Waals surface area contributed by atoms with Crippen molar-refractivity contribution in [3.05, 3.63) is 18.6 Å². The highest BCUT2D eigenvalue weighted by molar-refractivity contribution is 7.86. The van der Waals surface area contributed by atoms with Crippen LogP contribution in [0, 0.1) is 0 Å². The average Bonchev–Trinajstić information content (AvgIpc) is 2.97. The third kappa shape index (κ3) is 2.79. The lowest BCUT2D eigenvalue weighted by Gasteiger charge is -2.34. The molecule has 8 nitrogen and oxygen atoms in total. The molecule has 0 radical (unpaired) electrons. The standard InChI is InChI=1S/C13H20N6O2S/c1-18(2)22(20,21)19-7-3-4-10(8-19)17-13-11-5-6-14-12(11)15-9-16-13/h5-6,9-10H,3-4,7-8H2,1-2H3,(H2,14,15,16,17)/t10-/m1/s1. The first kappa shape index (κ1) is 15.2.